The number of hydrogen-bond donors (Lipinski definition) is 0. The van der Waals surface area contributed by atoms with E-state index >= 15 is 0 Å². The molecule has 0 spiro atoms. The first-order valence-electron chi connectivity index (χ1n) is 16.5. The van der Waals surface area contributed by atoms with Crippen LogP contribution in [0.3, 0.4) is 0 Å². The smallest absolute Gasteiger partial charge is 0.158 e. The molecule has 47 heavy (non-hydrogen) atoms. The van der Waals surface area contributed by atoms with Gasteiger partial charge >= 0.3 is 0 Å². The van der Waals surface area contributed by atoms with Crippen LogP contribution in [0.1, 0.15) is 42.7 Å². The fourth-order valence-corrected chi connectivity index (χ4v) is 7.09. The summed E-state index contributed by atoms with van der Waals surface area (Å²) < 4.78 is 7.00. The van der Waals surface area contributed by atoms with Crippen LogP contribution in [0.25, 0.3) is 39.3 Å². The topological polar surface area (TPSA) is 16.4 Å². The van der Waals surface area contributed by atoms with Crippen molar-refractivity contribution in [3.05, 3.63) is 180 Å². The van der Waals surface area contributed by atoms with Crippen LogP contribution in [0.4, 0.5) is 17.1 Å². The molecule has 2 heteroatoms. The SMILES string of the molecule is CC1(C)C/C=C\c2c(oc3c(N(c4cccc(-c5ccccc5)c4)c4cccc(-c5ccccc5)c4)cccc23)Cc2ccccc21. The molecule has 1 heterocycles. The highest BCUT2D eigenvalue weighted by Gasteiger charge is 2.27. The minimum Gasteiger partial charge on any atom is -0.458 e. The van der Waals surface area contributed by atoms with Crippen molar-refractivity contribution in [2.24, 2.45) is 0 Å². The maximum absolute atomic E-state index is 7.00. The molecule has 0 unspecified atom stereocenters. The molecule has 0 atom stereocenters. The lowest BCUT2D eigenvalue weighted by molar-refractivity contribution is 0.525. The summed E-state index contributed by atoms with van der Waals surface area (Å²) in [6.07, 6.45) is 6.32. The Balaban J connectivity index is 1.33. The molecule has 6 aromatic carbocycles. The molecule has 0 bridgehead atoms. The van der Waals surface area contributed by atoms with E-state index in [9.17, 15) is 0 Å². The second-order valence-electron chi connectivity index (χ2n) is 13.1. The predicted molar refractivity (Wildman–Crippen MR) is 198 cm³/mol. The molecule has 0 aliphatic heterocycles. The molecule has 1 aliphatic rings. The van der Waals surface area contributed by atoms with Crippen LogP contribution in [0.5, 0.6) is 0 Å². The van der Waals surface area contributed by atoms with Gasteiger partial charge in [-0.3, -0.25) is 0 Å². The summed E-state index contributed by atoms with van der Waals surface area (Å²) in [5.74, 6) is 1.00. The molecular formula is C45H37NO. The Morgan fingerprint density at radius 2 is 1.15 bits per heavy atom. The van der Waals surface area contributed by atoms with E-state index in [0.717, 1.165) is 46.6 Å². The van der Waals surface area contributed by atoms with E-state index in [1.54, 1.807) is 0 Å². The first kappa shape index (κ1) is 28.8. The molecule has 0 radical (unpaired) electrons. The van der Waals surface area contributed by atoms with E-state index in [2.05, 4.69) is 183 Å². The predicted octanol–water partition coefficient (Wildman–Crippen LogP) is 12.5. The van der Waals surface area contributed by atoms with Gasteiger partial charge in [0.1, 0.15) is 5.76 Å². The highest BCUT2D eigenvalue weighted by molar-refractivity contribution is 6.00. The van der Waals surface area contributed by atoms with E-state index in [0.29, 0.717) is 0 Å². The Bertz CT molecular complexity index is 2140. The van der Waals surface area contributed by atoms with Crippen molar-refractivity contribution in [3.63, 3.8) is 0 Å². The third kappa shape index (κ3) is 5.47. The lowest BCUT2D eigenvalue weighted by atomic mass is 9.78. The zero-order chi connectivity index (χ0) is 31.8. The Hall–Kier alpha value is -5.60. The number of anilines is 3. The van der Waals surface area contributed by atoms with Gasteiger partial charge in [-0.1, -0.05) is 147 Å². The standard InChI is InChI=1S/C45H37NO/c1-45(2)28-14-25-39-40-24-13-27-42(44(40)47-43(39)31-36-19-9-10-26-41(36)45)46(37-22-11-20-34(29-37)32-15-5-3-6-16-32)38-23-12-21-35(30-38)33-17-7-4-8-18-33/h3-27,29-30H,28,31H2,1-2H3/b25-14-. The normalized spacial score (nSPS) is 14.3. The molecule has 0 fully saturated rings. The monoisotopic (exact) mass is 607 g/mol. The van der Waals surface area contributed by atoms with E-state index in [4.69, 9.17) is 4.42 Å². The molecule has 2 nitrogen and oxygen atoms in total. The zero-order valence-corrected chi connectivity index (χ0v) is 26.9. The lowest BCUT2D eigenvalue weighted by Gasteiger charge is -2.27. The van der Waals surface area contributed by atoms with Crippen LogP contribution in [0, 0.1) is 0 Å². The van der Waals surface area contributed by atoms with Gasteiger partial charge in [-0.05, 0) is 75.5 Å². The van der Waals surface area contributed by atoms with Crippen molar-refractivity contribution >= 4 is 34.1 Å². The molecule has 1 aliphatic carbocycles. The number of fused-ring (bicyclic) bond motifs is 4. The molecule has 0 saturated heterocycles. The van der Waals surface area contributed by atoms with Crippen LogP contribution in [-0.2, 0) is 11.8 Å². The lowest BCUT2D eigenvalue weighted by Crippen LogP contribution is -2.18. The second kappa shape index (κ2) is 12.0. The van der Waals surface area contributed by atoms with Crippen LogP contribution in [-0.4, -0.2) is 0 Å². The maximum Gasteiger partial charge on any atom is 0.158 e. The number of furan rings is 1. The minimum atomic E-state index is 0.0435. The molecule has 0 N–H and O–H groups in total. The average Bonchev–Trinajstić information content (AvgIpc) is 3.48. The van der Waals surface area contributed by atoms with Gasteiger partial charge in [-0.2, -0.15) is 0 Å². The maximum atomic E-state index is 7.00. The quantitative estimate of drug-likeness (QED) is 0.194. The largest absolute Gasteiger partial charge is 0.458 e. The summed E-state index contributed by atoms with van der Waals surface area (Å²) in [5, 5.41) is 1.13. The van der Waals surface area contributed by atoms with Crippen LogP contribution < -0.4 is 4.90 Å². The summed E-state index contributed by atoms with van der Waals surface area (Å²) in [6.45, 7) is 4.68. The van der Waals surface area contributed by atoms with Gasteiger partial charge in [0.05, 0.1) is 5.69 Å². The first-order valence-corrected chi connectivity index (χ1v) is 16.5. The molecule has 1 aromatic heterocycles. The summed E-state index contributed by atoms with van der Waals surface area (Å²) in [6, 6.07) is 54.2. The Morgan fingerprint density at radius 1 is 0.574 bits per heavy atom. The summed E-state index contributed by atoms with van der Waals surface area (Å²) >= 11 is 0. The van der Waals surface area contributed by atoms with Gasteiger partial charge in [0.2, 0.25) is 0 Å². The number of allylic oxidation sites excluding steroid dienone is 1. The van der Waals surface area contributed by atoms with Crippen molar-refractivity contribution in [2.45, 2.75) is 32.1 Å². The van der Waals surface area contributed by atoms with E-state index in [1.807, 2.05) is 0 Å². The van der Waals surface area contributed by atoms with E-state index in [1.165, 1.54) is 38.9 Å². The fourth-order valence-electron chi connectivity index (χ4n) is 7.09. The van der Waals surface area contributed by atoms with Gasteiger partial charge in [0.15, 0.2) is 5.58 Å². The summed E-state index contributed by atoms with van der Waals surface area (Å²) in [4.78, 5) is 2.35. The number of rotatable bonds is 5. The average molecular weight is 608 g/mol. The Kier molecular flexibility index (Phi) is 7.34. The van der Waals surface area contributed by atoms with Crippen molar-refractivity contribution in [1.29, 1.82) is 0 Å². The van der Waals surface area contributed by atoms with Crippen molar-refractivity contribution in [1.82, 2.24) is 0 Å². The third-order valence-corrected chi connectivity index (χ3v) is 9.48. The fraction of sp³-hybridized carbons (Fsp3) is 0.111. The summed E-state index contributed by atoms with van der Waals surface area (Å²) in [7, 11) is 0. The van der Waals surface area contributed by atoms with Crippen LogP contribution >= 0.6 is 0 Å². The second-order valence-corrected chi connectivity index (χ2v) is 13.1. The Labute approximate surface area is 277 Å². The molecular weight excluding hydrogens is 571 g/mol. The van der Waals surface area contributed by atoms with E-state index in [-0.39, 0.29) is 5.41 Å². The molecule has 0 saturated carbocycles. The summed E-state index contributed by atoms with van der Waals surface area (Å²) in [5.41, 5.74) is 12.7. The molecule has 0 amide bonds. The highest BCUT2D eigenvalue weighted by Crippen LogP contribution is 2.44. The first-order chi connectivity index (χ1) is 23.0. The van der Waals surface area contributed by atoms with Gasteiger partial charge in [-0.15, -0.1) is 0 Å². The van der Waals surface area contributed by atoms with E-state index < -0.39 is 0 Å². The van der Waals surface area contributed by atoms with Crippen molar-refractivity contribution in [2.75, 3.05) is 4.90 Å². The number of nitrogens with zero attached hydrogens (tertiary/aromatic N) is 1. The third-order valence-electron chi connectivity index (χ3n) is 9.48. The number of hydrogen-bond acceptors (Lipinski definition) is 2. The van der Waals surface area contributed by atoms with Crippen molar-refractivity contribution < 1.29 is 4.42 Å². The zero-order valence-electron chi connectivity index (χ0n) is 26.9. The van der Waals surface area contributed by atoms with Crippen LogP contribution in [0.2, 0.25) is 0 Å². The van der Waals surface area contributed by atoms with Gasteiger partial charge in [0, 0.05) is 28.7 Å². The van der Waals surface area contributed by atoms with Gasteiger partial charge in [-0.25, -0.2) is 0 Å². The number of para-hydroxylation sites is 1. The van der Waals surface area contributed by atoms with Crippen molar-refractivity contribution in [3.8, 4) is 22.3 Å². The molecule has 228 valence electrons. The Morgan fingerprint density at radius 3 is 1.81 bits per heavy atom. The van der Waals surface area contributed by atoms with Crippen LogP contribution in [0.15, 0.2) is 162 Å². The molecule has 8 rings (SSSR count). The minimum absolute atomic E-state index is 0.0435. The highest BCUT2D eigenvalue weighted by atomic mass is 16.3. The van der Waals surface area contributed by atoms with Gasteiger partial charge < -0.3 is 9.32 Å². The van der Waals surface area contributed by atoms with Gasteiger partial charge in [0.25, 0.3) is 0 Å². The number of benzene rings is 6. The molecule has 7 aromatic rings.